The SMILES string of the molecule is C=C(/N=C(\C(=C/C)C(F)(F)F)N1CCN(C)CC1)Nc1ccc(P(C)(C)=O)cc1. The third-order valence-corrected chi connectivity index (χ3v) is 6.20. The summed E-state index contributed by atoms with van der Waals surface area (Å²) < 4.78 is 52.8. The van der Waals surface area contributed by atoms with Gasteiger partial charge in [-0.05, 0) is 51.6 Å². The molecule has 1 N–H and O–H groups in total. The number of benzene rings is 1. The Morgan fingerprint density at radius 3 is 2.17 bits per heavy atom. The number of nitrogens with one attached hydrogen (secondary N) is 1. The second kappa shape index (κ2) is 9.18. The van der Waals surface area contributed by atoms with Crippen molar-refractivity contribution in [3.05, 3.63) is 48.3 Å². The van der Waals surface area contributed by atoms with Crippen LogP contribution in [0.4, 0.5) is 18.9 Å². The van der Waals surface area contributed by atoms with Crippen LogP contribution in [0.3, 0.4) is 0 Å². The van der Waals surface area contributed by atoms with E-state index in [0.717, 1.165) is 11.4 Å². The Balaban J connectivity index is 2.27. The Hall–Kier alpha value is -2.05. The number of alkyl halides is 3. The molecule has 0 spiro atoms. The van der Waals surface area contributed by atoms with E-state index in [2.05, 4.69) is 21.8 Å². The van der Waals surface area contributed by atoms with Crippen LogP contribution in [0.25, 0.3) is 0 Å². The van der Waals surface area contributed by atoms with Crippen molar-refractivity contribution in [2.24, 2.45) is 4.99 Å². The topological polar surface area (TPSA) is 47.9 Å². The van der Waals surface area contributed by atoms with E-state index in [-0.39, 0.29) is 11.7 Å². The van der Waals surface area contributed by atoms with E-state index < -0.39 is 18.9 Å². The maximum absolute atomic E-state index is 13.6. The van der Waals surface area contributed by atoms with E-state index in [1.165, 1.54) is 6.92 Å². The van der Waals surface area contributed by atoms with Gasteiger partial charge in [-0.25, -0.2) is 4.99 Å². The monoisotopic (exact) mass is 428 g/mol. The highest BCUT2D eigenvalue weighted by molar-refractivity contribution is 7.70. The molecule has 0 saturated carbocycles. The van der Waals surface area contributed by atoms with Crippen molar-refractivity contribution in [2.45, 2.75) is 13.1 Å². The maximum Gasteiger partial charge on any atom is 0.419 e. The van der Waals surface area contributed by atoms with Crippen LogP contribution in [0.2, 0.25) is 0 Å². The number of anilines is 1. The molecule has 0 aromatic heterocycles. The summed E-state index contributed by atoms with van der Waals surface area (Å²) in [6, 6.07) is 6.89. The first-order valence-corrected chi connectivity index (χ1v) is 11.9. The molecule has 1 heterocycles. The smallest absolute Gasteiger partial charge is 0.353 e. The van der Waals surface area contributed by atoms with Gasteiger partial charge in [0.2, 0.25) is 0 Å². The van der Waals surface area contributed by atoms with Crippen molar-refractivity contribution < 1.29 is 17.7 Å². The third kappa shape index (κ3) is 6.47. The molecule has 9 heteroatoms. The predicted molar refractivity (Wildman–Crippen MR) is 115 cm³/mol. The summed E-state index contributed by atoms with van der Waals surface area (Å²) in [5.41, 5.74) is -0.166. The van der Waals surface area contributed by atoms with E-state index in [9.17, 15) is 17.7 Å². The first kappa shape index (κ1) is 23.2. The quantitative estimate of drug-likeness (QED) is 0.438. The zero-order valence-corrected chi connectivity index (χ0v) is 18.1. The fraction of sp³-hybridized carbons (Fsp3) is 0.450. The second-order valence-corrected chi connectivity index (χ2v) is 10.6. The fourth-order valence-corrected chi connectivity index (χ4v) is 3.83. The number of rotatable bonds is 5. The molecule has 0 bridgehead atoms. The zero-order valence-electron chi connectivity index (χ0n) is 17.3. The Bertz CT molecular complexity index is 832. The number of aliphatic imine (C=N–C) groups is 1. The number of piperazine rings is 1. The summed E-state index contributed by atoms with van der Waals surface area (Å²) in [7, 11) is -0.441. The van der Waals surface area contributed by atoms with E-state index in [4.69, 9.17) is 0 Å². The molecule has 1 aliphatic heterocycles. The number of allylic oxidation sites excluding steroid dienone is 1. The average molecular weight is 428 g/mol. The van der Waals surface area contributed by atoms with Crippen LogP contribution in [0, 0.1) is 0 Å². The number of amidine groups is 1. The zero-order chi connectivity index (χ0) is 21.8. The summed E-state index contributed by atoms with van der Waals surface area (Å²) in [5.74, 6) is -0.0275. The van der Waals surface area contributed by atoms with E-state index >= 15 is 0 Å². The summed E-state index contributed by atoms with van der Waals surface area (Å²) in [4.78, 5) is 7.91. The van der Waals surface area contributed by atoms with Gasteiger partial charge in [0.05, 0.1) is 5.57 Å². The summed E-state index contributed by atoms with van der Waals surface area (Å²) in [6.45, 7) is 10.7. The molecule has 29 heavy (non-hydrogen) atoms. The largest absolute Gasteiger partial charge is 0.419 e. The first-order chi connectivity index (χ1) is 13.4. The molecule has 1 aromatic carbocycles. The Kier molecular flexibility index (Phi) is 7.35. The van der Waals surface area contributed by atoms with Gasteiger partial charge < -0.3 is 19.7 Å². The molecule has 0 aliphatic carbocycles. The van der Waals surface area contributed by atoms with Crippen LogP contribution >= 0.6 is 7.14 Å². The van der Waals surface area contributed by atoms with E-state index in [1.807, 2.05) is 7.05 Å². The lowest BCUT2D eigenvalue weighted by atomic mass is 10.1. The first-order valence-electron chi connectivity index (χ1n) is 9.29. The molecule has 160 valence electrons. The summed E-state index contributed by atoms with van der Waals surface area (Å²) >= 11 is 0. The van der Waals surface area contributed by atoms with Crippen LogP contribution in [0.1, 0.15) is 6.92 Å². The van der Waals surface area contributed by atoms with Gasteiger partial charge in [-0.1, -0.05) is 12.7 Å². The number of hydrogen-bond acceptors (Lipinski definition) is 4. The van der Waals surface area contributed by atoms with Gasteiger partial charge in [0.15, 0.2) is 0 Å². The van der Waals surface area contributed by atoms with Crippen molar-refractivity contribution in [3.63, 3.8) is 0 Å². The molecule has 0 atom stereocenters. The maximum atomic E-state index is 13.6. The van der Waals surface area contributed by atoms with Gasteiger partial charge in [0, 0.05) is 37.2 Å². The molecule has 5 nitrogen and oxygen atoms in total. The molecule has 2 rings (SSSR count). The molecule has 0 amide bonds. The van der Waals surface area contributed by atoms with Gasteiger partial charge in [-0.2, -0.15) is 13.2 Å². The van der Waals surface area contributed by atoms with Gasteiger partial charge in [-0.3, -0.25) is 0 Å². The predicted octanol–water partition coefficient (Wildman–Crippen LogP) is 3.97. The van der Waals surface area contributed by atoms with Crippen molar-refractivity contribution in [2.75, 3.05) is 51.9 Å². The van der Waals surface area contributed by atoms with Crippen molar-refractivity contribution >= 4 is 24.0 Å². The molecule has 0 radical (unpaired) electrons. The Labute approximate surface area is 170 Å². The number of nitrogens with zero attached hydrogens (tertiary/aromatic N) is 3. The summed E-state index contributed by atoms with van der Waals surface area (Å²) in [6.07, 6.45) is -3.47. The minimum absolute atomic E-state index is 0.103. The lowest BCUT2D eigenvalue weighted by molar-refractivity contribution is -0.0872. The average Bonchev–Trinajstić information content (AvgIpc) is 2.60. The van der Waals surface area contributed by atoms with Crippen LogP contribution in [0.15, 0.2) is 53.3 Å². The molecule has 1 aliphatic rings. The van der Waals surface area contributed by atoms with Crippen molar-refractivity contribution in [1.82, 2.24) is 9.80 Å². The third-order valence-electron chi connectivity index (χ3n) is 4.66. The number of halogens is 3. The minimum atomic E-state index is -4.51. The van der Waals surface area contributed by atoms with Crippen molar-refractivity contribution in [3.8, 4) is 0 Å². The molecule has 1 fully saturated rings. The van der Waals surface area contributed by atoms with Gasteiger partial charge in [-0.15, -0.1) is 0 Å². The van der Waals surface area contributed by atoms with Crippen LogP contribution in [-0.4, -0.2) is 68.4 Å². The molecule has 1 saturated heterocycles. The Morgan fingerprint density at radius 2 is 1.72 bits per heavy atom. The fourth-order valence-electron chi connectivity index (χ4n) is 2.97. The number of hydrogen-bond donors (Lipinski definition) is 1. The minimum Gasteiger partial charge on any atom is -0.353 e. The molecule has 0 unspecified atom stereocenters. The lowest BCUT2D eigenvalue weighted by Crippen LogP contribution is -2.49. The van der Waals surface area contributed by atoms with Crippen LogP contribution in [0.5, 0.6) is 0 Å². The second-order valence-electron chi connectivity index (χ2n) is 7.40. The van der Waals surface area contributed by atoms with E-state index in [1.54, 1.807) is 42.5 Å². The standard InChI is InChI=1S/C20H28F3N4OP/c1-6-18(20(21,22)23)19(27-13-11-26(3)12-14-27)25-15(2)24-16-7-9-17(10-8-16)29(4,5)28/h6-10,24H,2,11-14H2,1,3-5H3/b18-6+,25-19+. The number of likely N-dealkylation sites (N-methyl/N-ethyl adjacent to an activating group) is 1. The molecular formula is C20H28F3N4OP. The van der Waals surface area contributed by atoms with Crippen LogP contribution in [-0.2, 0) is 4.57 Å². The van der Waals surface area contributed by atoms with E-state index in [0.29, 0.717) is 31.9 Å². The van der Waals surface area contributed by atoms with Gasteiger partial charge >= 0.3 is 6.18 Å². The highest BCUT2D eigenvalue weighted by atomic mass is 31.2. The Morgan fingerprint density at radius 1 is 1.17 bits per heavy atom. The summed E-state index contributed by atoms with van der Waals surface area (Å²) in [5, 5.41) is 3.65. The van der Waals surface area contributed by atoms with Gasteiger partial charge in [0.1, 0.15) is 18.8 Å². The molecule has 1 aromatic rings. The highest BCUT2D eigenvalue weighted by Crippen LogP contribution is 2.34. The highest BCUT2D eigenvalue weighted by Gasteiger charge is 2.39. The van der Waals surface area contributed by atoms with Gasteiger partial charge in [0.25, 0.3) is 0 Å². The van der Waals surface area contributed by atoms with Crippen molar-refractivity contribution in [1.29, 1.82) is 0 Å². The molecular weight excluding hydrogens is 400 g/mol. The normalized spacial score (nSPS) is 17.4. The van der Waals surface area contributed by atoms with Crippen LogP contribution < -0.4 is 10.6 Å². The lowest BCUT2D eigenvalue weighted by Gasteiger charge is -2.35.